The van der Waals surface area contributed by atoms with Gasteiger partial charge in [-0.15, -0.1) is 0 Å². The molecule has 0 N–H and O–H groups in total. The molecule has 0 radical (unpaired) electrons. The first kappa shape index (κ1) is 33.7. The molecule has 8 rings (SSSR count). The third-order valence-electron chi connectivity index (χ3n) is 9.95. The number of benzene rings is 6. The molecule has 0 spiro atoms. The Hall–Kier alpha value is -5.43. The fourth-order valence-electron chi connectivity index (χ4n) is 7.56. The van der Waals surface area contributed by atoms with Crippen LogP contribution in [0.2, 0.25) is 0 Å². The molecule has 0 fully saturated rings. The van der Waals surface area contributed by atoms with Crippen molar-refractivity contribution in [2.45, 2.75) is 32.2 Å². The van der Waals surface area contributed by atoms with Gasteiger partial charge >= 0.3 is 6.18 Å². The van der Waals surface area contributed by atoms with Gasteiger partial charge in [0.1, 0.15) is 0 Å². The summed E-state index contributed by atoms with van der Waals surface area (Å²) in [4.78, 5) is 57.9. The van der Waals surface area contributed by atoms with Gasteiger partial charge in [0.05, 0.1) is 49.8 Å². The van der Waals surface area contributed by atoms with E-state index in [2.05, 4.69) is 0 Å². The Morgan fingerprint density at radius 2 is 1.13 bits per heavy atom. The number of anilines is 1. The minimum Gasteiger partial charge on any atom is -0.382 e. The third-order valence-corrected chi connectivity index (χ3v) is 9.95. The molecule has 0 bridgehead atoms. The summed E-state index contributed by atoms with van der Waals surface area (Å²) in [6.07, 6.45) is -4.93. The number of nitrogens with zero attached hydrogens (tertiary/aromatic N) is 2. The number of fused-ring (bicyclic) bond motifs is 2. The quantitative estimate of drug-likeness (QED) is 0.0625. The Bertz CT molecular complexity index is 2370. The van der Waals surface area contributed by atoms with E-state index in [1.54, 1.807) is 50.4 Å². The molecule has 2 heterocycles. The summed E-state index contributed by atoms with van der Waals surface area (Å²) in [5.74, 6) is -2.36. The monoisotopic (exact) mass is 708 g/mol. The van der Waals surface area contributed by atoms with Gasteiger partial charge in [-0.1, -0.05) is 30.3 Å². The summed E-state index contributed by atoms with van der Waals surface area (Å²) in [5, 5.41) is 5.11. The maximum atomic E-state index is 14.0. The van der Waals surface area contributed by atoms with Gasteiger partial charge in [0.2, 0.25) is 0 Å². The van der Waals surface area contributed by atoms with Gasteiger partial charge in [0.15, 0.2) is 0 Å². The van der Waals surface area contributed by atoms with Gasteiger partial charge < -0.3 is 14.2 Å². The first-order valence-corrected chi connectivity index (χ1v) is 16.7. The number of alkyl halides is 3. The SMILES string of the molecule is COCCOCC(C)OCC(C)N1C(=O)c2ccc3c4ccc5c6c(ccc(c7ccc(c2c37)C1=O)c64)C(=O)N(c1cccc(C(F)(F)F)c1)C5=O. The number of halogens is 3. The largest absolute Gasteiger partial charge is 0.416 e. The first-order chi connectivity index (χ1) is 24.9. The number of rotatable bonds is 10. The maximum Gasteiger partial charge on any atom is 0.416 e. The fraction of sp³-hybridized carbons (Fsp3) is 0.250. The van der Waals surface area contributed by atoms with Crippen LogP contribution in [-0.2, 0) is 20.4 Å². The second kappa shape index (κ2) is 12.4. The topological polar surface area (TPSA) is 102 Å². The fourth-order valence-corrected chi connectivity index (χ4v) is 7.56. The van der Waals surface area contributed by atoms with Crippen molar-refractivity contribution in [2.75, 3.05) is 38.4 Å². The lowest BCUT2D eigenvalue weighted by atomic mass is 9.82. The van der Waals surface area contributed by atoms with Gasteiger partial charge in [-0.3, -0.25) is 24.1 Å². The smallest absolute Gasteiger partial charge is 0.382 e. The number of carbonyl (C=O) groups is 4. The van der Waals surface area contributed by atoms with E-state index in [1.807, 2.05) is 19.1 Å². The van der Waals surface area contributed by atoms with Crippen LogP contribution in [0.1, 0.15) is 60.8 Å². The van der Waals surface area contributed by atoms with Gasteiger partial charge in [-0.2, -0.15) is 13.2 Å². The molecule has 4 amide bonds. The molecule has 0 saturated heterocycles. The minimum atomic E-state index is -4.66. The van der Waals surface area contributed by atoms with Gasteiger partial charge in [0.25, 0.3) is 23.6 Å². The van der Waals surface area contributed by atoms with E-state index in [4.69, 9.17) is 14.2 Å². The van der Waals surface area contributed by atoms with Crippen molar-refractivity contribution in [3.05, 3.63) is 101 Å². The van der Waals surface area contributed by atoms with Gasteiger partial charge in [-0.25, -0.2) is 4.90 Å². The Morgan fingerprint density at radius 3 is 1.62 bits per heavy atom. The first-order valence-electron chi connectivity index (χ1n) is 16.7. The molecule has 52 heavy (non-hydrogen) atoms. The van der Waals surface area contributed by atoms with Crippen molar-refractivity contribution >= 4 is 72.4 Å². The highest BCUT2D eigenvalue weighted by Crippen LogP contribution is 2.47. The van der Waals surface area contributed by atoms with E-state index in [1.165, 1.54) is 11.0 Å². The molecule has 2 aliphatic heterocycles. The second-order valence-electron chi connectivity index (χ2n) is 13.2. The summed E-state index contributed by atoms with van der Waals surface area (Å²) in [5.41, 5.74) is -0.0674. The van der Waals surface area contributed by atoms with E-state index in [0.717, 1.165) is 33.9 Å². The molecule has 0 aliphatic carbocycles. The molecule has 12 heteroatoms. The van der Waals surface area contributed by atoms with Crippen LogP contribution < -0.4 is 4.90 Å². The highest BCUT2D eigenvalue weighted by molar-refractivity contribution is 6.43. The number of ether oxygens (including phenoxy) is 3. The molecular weight excluding hydrogens is 677 g/mol. The third kappa shape index (κ3) is 5.04. The van der Waals surface area contributed by atoms with Crippen LogP contribution in [0, 0.1) is 0 Å². The number of hydrogen-bond donors (Lipinski definition) is 0. The zero-order valence-corrected chi connectivity index (χ0v) is 28.3. The maximum absolute atomic E-state index is 14.0. The number of amides is 4. The van der Waals surface area contributed by atoms with Crippen molar-refractivity contribution in [1.82, 2.24) is 4.90 Å². The molecule has 264 valence electrons. The van der Waals surface area contributed by atoms with Crippen molar-refractivity contribution in [3.63, 3.8) is 0 Å². The predicted molar refractivity (Wildman–Crippen MR) is 188 cm³/mol. The molecule has 2 unspecified atom stereocenters. The molecular formula is C40H31F3N2O7. The highest BCUT2D eigenvalue weighted by Gasteiger charge is 2.39. The summed E-state index contributed by atoms with van der Waals surface area (Å²) in [6.45, 7) is 4.94. The molecule has 0 aromatic heterocycles. The van der Waals surface area contributed by atoms with Crippen molar-refractivity contribution in [3.8, 4) is 0 Å². The standard InChI is InChI=1S/C40H31F3N2O7/c1-20(18-52-21(2)19-51-16-15-50-3)44-36(46)28-11-7-24-26-9-13-30-35-31(39(49)45(38(30)48)23-6-4-5-22(17-23)40(41,42)43)14-10-27(33(26)35)25-8-12-29(37(44)47)34(28)32(24)25/h4-14,17,20-21H,15-16,18-19H2,1-3H3. The number of hydrogen-bond acceptors (Lipinski definition) is 7. The molecule has 6 aromatic rings. The minimum absolute atomic E-state index is 0.115. The average molecular weight is 709 g/mol. The number of carbonyl (C=O) groups excluding carboxylic acids is 4. The van der Waals surface area contributed by atoms with Crippen LogP contribution >= 0.6 is 0 Å². The van der Waals surface area contributed by atoms with E-state index in [-0.39, 0.29) is 29.5 Å². The zero-order chi connectivity index (χ0) is 36.6. The highest BCUT2D eigenvalue weighted by atomic mass is 19.4. The van der Waals surface area contributed by atoms with E-state index < -0.39 is 41.4 Å². The second-order valence-corrected chi connectivity index (χ2v) is 13.2. The van der Waals surface area contributed by atoms with Crippen LogP contribution in [0.3, 0.4) is 0 Å². The van der Waals surface area contributed by atoms with Crippen LogP contribution in [0.5, 0.6) is 0 Å². The summed E-state index contributed by atoms with van der Waals surface area (Å²) < 4.78 is 57.1. The van der Waals surface area contributed by atoms with Crippen LogP contribution in [0.4, 0.5) is 18.9 Å². The van der Waals surface area contributed by atoms with E-state index in [0.29, 0.717) is 63.3 Å². The molecule has 9 nitrogen and oxygen atoms in total. The Kier molecular flexibility index (Phi) is 8.01. The normalized spacial score (nSPS) is 16.0. The number of methoxy groups -OCH3 is 1. The van der Waals surface area contributed by atoms with Crippen molar-refractivity contribution in [2.24, 2.45) is 0 Å². The predicted octanol–water partition coefficient (Wildman–Crippen LogP) is 7.61. The van der Waals surface area contributed by atoms with E-state index >= 15 is 0 Å². The lowest BCUT2D eigenvalue weighted by Crippen LogP contribution is -2.48. The van der Waals surface area contributed by atoms with Crippen LogP contribution in [0.25, 0.3) is 43.1 Å². The molecule has 2 aliphatic rings. The van der Waals surface area contributed by atoms with E-state index in [9.17, 15) is 32.3 Å². The summed E-state index contributed by atoms with van der Waals surface area (Å²) in [7, 11) is 1.59. The van der Waals surface area contributed by atoms with Gasteiger partial charge in [0, 0.05) is 40.1 Å². The Balaban J connectivity index is 1.20. The van der Waals surface area contributed by atoms with Crippen molar-refractivity contribution in [1.29, 1.82) is 0 Å². The molecule has 6 aromatic carbocycles. The van der Waals surface area contributed by atoms with Crippen LogP contribution in [0.15, 0.2) is 72.8 Å². The van der Waals surface area contributed by atoms with Crippen molar-refractivity contribution < 1.29 is 46.6 Å². The number of imide groups is 2. The Labute approximate surface area is 294 Å². The summed E-state index contributed by atoms with van der Waals surface area (Å²) in [6, 6.07) is 17.2. The lowest BCUT2D eigenvalue weighted by molar-refractivity contribution is -0.137. The zero-order valence-electron chi connectivity index (χ0n) is 28.3. The van der Waals surface area contributed by atoms with Crippen LogP contribution in [-0.4, -0.2) is 74.2 Å². The lowest BCUT2D eigenvalue weighted by Gasteiger charge is -2.33. The Morgan fingerprint density at radius 1 is 0.635 bits per heavy atom. The average Bonchev–Trinajstić information content (AvgIpc) is 3.13. The van der Waals surface area contributed by atoms with Gasteiger partial charge in [-0.05, 0) is 88.6 Å². The summed E-state index contributed by atoms with van der Waals surface area (Å²) >= 11 is 0. The molecule has 0 saturated carbocycles. The molecule has 2 atom stereocenters.